The normalized spacial score (nSPS) is 35.9. The van der Waals surface area contributed by atoms with Gasteiger partial charge in [-0.3, -0.25) is 0 Å². The first kappa shape index (κ1) is 9.46. The molecule has 3 atom stereocenters. The number of hydrogen-bond acceptors (Lipinski definition) is 1. The van der Waals surface area contributed by atoms with E-state index in [0.717, 1.165) is 5.57 Å². The maximum atomic E-state index is 13.2. The van der Waals surface area contributed by atoms with Crippen molar-refractivity contribution in [2.75, 3.05) is 7.11 Å². The summed E-state index contributed by atoms with van der Waals surface area (Å²) in [5.41, 5.74) is 1.16. The summed E-state index contributed by atoms with van der Waals surface area (Å²) in [4.78, 5) is 0. The Hall–Kier alpha value is -0.630. The van der Waals surface area contributed by atoms with Crippen LogP contribution < -0.4 is 0 Å². The summed E-state index contributed by atoms with van der Waals surface area (Å²) in [6.07, 6.45) is 2.92. The molecule has 2 heteroatoms. The minimum Gasteiger partial charge on any atom is -0.377 e. The number of rotatable bonds is 2. The Morgan fingerprint density at radius 1 is 1.75 bits per heavy atom. The van der Waals surface area contributed by atoms with Crippen LogP contribution in [0.5, 0.6) is 0 Å². The van der Waals surface area contributed by atoms with Gasteiger partial charge in [-0.2, -0.15) is 0 Å². The Morgan fingerprint density at radius 2 is 2.42 bits per heavy atom. The van der Waals surface area contributed by atoms with Crippen LogP contribution in [0.4, 0.5) is 4.39 Å². The van der Waals surface area contributed by atoms with Crippen LogP contribution >= 0.6 is 0 Å². The van der Waals surface area contributed by atoms with E-state index in [0.29, 0.717) is 6.42 Å². The Morgan fingerprint density at radius 3 is 2.83 bits per heavy atom. The van der Waals surface area contributed by atoms with Gasteiger partial charge in [0.2, 0.25) is 0 Å². The molecule has 12 heavy (non-hydrogen) atoms. The molecule has 0 radical (unpaired) electrons. The van der Waals surface area contributed by atoms with Crippen molar-refractivity contribution in [3.63, 3.8) is 0 Å². The second-order valence-electron chi connectivity index (χ2n) is 3.16. The molecule has 0 aliphatic heterocycles. The van der Waals surface area contributed by atoms with E-state index in [9.17, 15) is 4.39 Å². The SMILES string of the molecule is C=CC1C(C)=CCC(F)C1OC. The molecule has 0 N–H and O–H groups in total. The average Bonchev–Trinajstić information content (AvgIpc) is 2.08. The van der Waals surface area contributed by atoms with E-state index in [1.54, 1.807) is 13.2 Å². The summed E-state index contributed by atoms with van der Waals surface area (Å²) in [5.74, 6) is 0.0405. The van der Waals surface area contributed by atoms with Crippen molar-refractivity contribution in [3.05, 3.63) is 24.3 Å². The lowest BCUT2D eigenvalue weighted by Crippen LogP contribution is -2.34. The maximum absolute atomic E-state index is 13.2. The highest BCUT2D eigenvalue weighted by Gasteiger charge is 2.31. The van der Waals surface area contributed by atoms with Crippen molar-refractivity contribution >= 4 is 0 Å². The zero-order chi connectivity index (χ0) is 9.14. The highest BCUT2D eigenvalue weighted by molar-refractivity contribution is 5.17. The highest BCUT2D eigenvalue weighted by Crippen LogP contribution is 2.29. The van der Waals surface area contributed by atoms with Crippen LogP contribution in [-0.2, 0) is 4.74 Å². The first-order valence-corrected chi connectivity index (χ1v) is 4.16. The molecule has 1 rings (SSSR count). The predicted octanol–water partition coefficient (Wildman–Crippen LogP) is 2.49. The van der Waals surface area contributed by atoms with E-state index in [2.05, 4.69) is 6.58 Å². The van der Waals surface area contributed by atoms with Crippen LogP contribution in [0.25, 0.3) is 0 Å². The number of methoxy groups -OCH3 is 1. The minimum absolute atomic E-state index is 0.0405. The largest absolute Gasteiger partial charge is 0.377 e. The molecule has 0 aromatic heterocycles. The van der Waals surface area contributed by atoms with Crippen LogP contribution in [0.2, 0.25) is 0 Å². The molecule has 0 spiro atoms. The molecule has 1 aliphatic carbocycles. The fourth-order valence-electron chi connectivity index (χ4n) is 1.67. The molecule has 0 fully saturated rings. The van der Waals surface area contributed by atoms with Crippen LogP contribution in [0, 0.1) is 5.92 Å². The molecule has 0 saturated heterocycles. The lowest BCUT2D eigenvalue weighted by Gasteiger charge is -2.30. The topological polar surface area (TPSA) is 9.23 Å². The summed E-state index contributed by atoms with van der Waals surface area (Å²) in [6.45, 7) is 5.67. The summed E-state index contributed by atoms with van der Waals surface area (Å²) < 4.78 is 18.3. The van der Waals surface area contributed by atoms with E-state index >= 15 is 0 Å². The maximum Gasteiger partial charge on any atom is 0.130 e. The molecular formula is C10H15FO. The first-order valence-electron chi connectivity index (χ1n) is 4.16. The van der Waals surface area contributed by atoms with Gasteiger partial charge >= 0.3 is 0 Å². The van der Waals surface area contributed by atoms with Gasteiger partial charge in [-0.15, -0.1) is 6.58 Å². The summed E-state index contributed by atoms with van der Waals surface area (Å²) in [5, 5.41) is 0. The van der Waals surface area contributed by atoms with E-state index in [-0.39, 0.29) is 12.0 Å². The van der Waals surface area contributed by atoms with Gasteiger partial charge < -0.3 is 4.74 Å². The van der Waals surface area contributed by atoms with Crippen LogP contribution in [0.3, 0.4) is 0 Å². The Balaban J connectivity index is 2.82. The predicted molar refractivity (Wildman–Crippen MR) is 47.8 cm³/mol. The van der Waals surface area contributed by atoms with Gasteiger partial charge in [0.05, 0.1) is 6.10 Å². The van der Waals surface area contributed by atoms with Crippen molar-refractivity contribution in [3.8, 4) is 0 Å². The van der Waals surface area contributed by atoms with Crippen molar-refractivity contribution in [2.45, 2.75) is 25.6 Å². The number of halogens is 1. The monoisotopic (exact) mass is 170 g/mol. The van der Waals surface area contributed by atoms with Gasteiger partial charge in [0.15, 0.2) is 0 Å². The standard InChI is InChI=1S/C10H15FO/c1-4-8-7(2)5-6-9(11)10(8)12-3/h4-5,8-10H,1,6H2,2-3H3. The quantitative estimate of drug-likeness (QED) is 0.578. The molecular weight excluding hydrogens is 155 g/mol. The third-order valence-corrected chi connectivity index (χ3v) is 2.43. The fourth-order valence-corrected chi connectivity index (χ4v) is 1.67. The van der Waals surface area contributed by atoms with Gasteiger partial charge in [0.1, 0.15) is 6.17 Å². The van der Waals surface area contributed by atoms with E-state index in [1.807, 2.05) is 13.0 Å². The van der Waals surface area contributed by atoms with E-state index in [1.165, 1.54) is 0 Å². The summed E-state index contributed by atoms with van der Waals surface area (Å²) in [7, 11) is 1.55. The molecule has 0 amide bonds. The van der Waals surface area contributed by atoms with E-state index < -0.39 is 6.17 Å². The lowest BCUT2D eigenvalue weighted by molar-refractivity contribution is 0.00855. The number of alkyl halides is 1. The molecule has 0 aromatic carbocycles. The number of ether oxygens (including phenoxy) is 1. The summed E-state index contributed by atoms with van der Waals surface area (Å²) in [6, 6.07) is 0. The van der Waals surface area contributed by atoms with Gasteiger partial charge in [0.25, 0.3) is 0 Å². The Labute approximate surface area is 72.9 Å². The zero-order valence-corrected chi connectivity index (χ0v) is 7.59. The lowest BCUT2D eigenvalue weighted by atomic mass is 9.85. The minimum atomic E-state index is -0.887. The van der Waals surface area contributed by atoms with Crippen LogP contribution in [0.1, 0.15) is 13.3 Å². The second kappa shape index (κ2) is 3.85. The zero-order valence-electron chi connectivity index (χ0n) is 7.59. The molecule has 1 aliphatic rings. The Kier molecular flexibility index (Phi) is 3.04. The average molecular weight is 170 g/mol. The van der Waals surface area contributed by atoms with Crippen molar-refractivity contribution in [1.29, 1.82) is 0 Å². The molecule has 1 nitrogen and oxygen atoms in total. The van der Waals surface area contributed by atoms with E-state index in [4.69, 9.17) is 4.74 Å². The number of allylic oxidation sites excluding steroid dienone is 1. The van der Waals surface area contributed by atoms with Crippen molar-refractivity contribution < 1.29 is 9.13 Å². The van der Waals surface area contributed by atoms with Crippen molar-refractivity contribution in [2.24, 2.45) is 5.92 Å². The van der Waals surface area contributed by atoms with Crippen molar-refractivity contribution in [1.82, 2.24) is 0 Å². The first-order chi connectivity index (χ1) is 5.70. The van der Waals surface area contributed by atoms with Gasteiger partial charge in [-0.05, 0) is 13.3 Å². The highest BCUT2D eigenvalue weighted by atomic mass is 19.1. The van der Waals surface area contributed by atoms with Gasteiger partial charge in [-0.1, -0.05) is 17.7 Å². The second-order valence-corrected chi connectivity index (χ2v) is 3.16. The molecule has 68 valence electrons. The number of hydrogen-bond donors (Lipinski definition) is 0. The van der Waals surface area contributed by atoms with Crippen LogP contribution in [-0.4, -0.2) is 19.4 Å². The molecule has 0 saturated carbocycles. The summed E-state index contributed by atoms with van der Waals surface area (Å²) >= 11 is 0. The molecule has 3 unspecified atom stereocenters. The molecule has 0 aromatic rings. The molecule has 0 heterocycles. The third-order valence-electron chi connectivity index (χ3n) is 2.43. The van der Waals surface area contributed by atoms with Gasteiger partial charge in [0, 0.05) is 13.0 Å². The third kappa shape index (κ3) is 1.58. The molecule has 0 bridgehead atoms. The smallest absolute Gasteiger partial charge is 0.130 e. The van der Waals surface area contributed by atoms with Crippen LogP contribution in [0.15, 0.2) is 24.3 Å². The Bertz CT molecular complexity index is 198. The van der Waals surface area contributed by atoms with Gasteiger partial charge in [-0.25, -0.2) is 4.39 Å². The fraction of sp³-hybridized carbons (Fsp3) is 0.600.